The maximum Gasteiger partial charge on any atom is 0.326 e. The fourth-order valence-electron chi connectivity index (χ4n) is 2.15. The van der Waals surface area contributed by atoms with Gasteiger partial charge in [-0.25, -0.2) is 4.79 Å². The highest BCUT2D eigenvalue weighted by Crippen LogP contribution is 2.05. The standard InChI is InChI=1S/C16H31N5O6S/c1-28-7-5-12(16(26)27)21-15(25)11(4-2-3-6-17)20-13(23)8-19-14(24)10(18)9-22/h10-12,22H,2-9,17-18H2,1H3,(H,19,24)(H,20,23)(H,21,25)(H,26,27). The Balaban J connectivity index is 4.85. The molecule has 0 rings (SSSR count). The van der Waals surface area contributed by atoms with Crippen molar-refractivity contribution in [3.8, 4) is 0 Å². The van der Waals surface area contributed by atoms with E-state index in [0.717, 1.165) is 0 Å². The third kappa shape index (κ3) is 11.1. The fraction of sp³-hybridized carbons (Fsp3) is 0.750. The van der Waals surface area contributed by atoms with Crippen LogP contribution in [0.4, 0.5) is 0 Å². The van der Waals surface area contributed by atoms with Crippen LogP contribution in [0.25, 0.3) is 0 Å². The number of hydrogen-bond acceptors (Lipinski definition) is 8. The zero-order valence-corrected chi connectivity index (χ0v) is 16.8. The third-order valence-electron chi connectivity index (χ3n) is 3.78. The summed E-state index contributed by atoms with van der Waals surface area (Å²) in [5.74, 6) is -2.55. The molecule has 162 valence electrons. The second kappa shape index (κ2) is 15.1. The predicted molar refractivity (Wildman–Crippen MR) is 105 cm³/mol. The Kier molecular flexibility index (Phi) is 14.1. The molecule has 9 N–H and O–H groups in total. The first-order chi connectivity index (χ1) is 13.3. The van der Waals surface area contributed by atoms with Crippen molar-refractivity contribution in [2.75, 3.05) is 31.7 Å². The van der Waals surface area contributed by atoms with Gasteiger partial charge in [0.2, 0.25) is 17.7 Å². The second-order valence-electron chi connectivity index (χ2n) is 6.09. The Hall–Kier alpha value is -1.89. The Morgan fingerprint density at radius 3 is 2.25 bits per heavy atom. The van der Waals surface area contributed by atoms with Gasteiger partial charge < -0.3 is 37.6 Å². The molecule has 0 aromatic carbocycles. The van der Waals surface area contributed by atoms with E-state index in [4.69, 9.17) is 16.6 Å². The topological polar surface area (TPSA) is 197 Å². The first-order valence-corrected chi connectivity index (χ1v) is 10.3. The van der Waals surface area contributed by atoms with Gasteiger partial charge in [0, 0.05) is 0 Å². The fourth-order valence-corrected chi connectivity index (χ4v) is 2.63. The van der Waals surface area contributed by atoms with E-state index in [1.54, 1.807) is 0 Å². The second-order valence-corrected chi connectivity index (χ2v) is 7.08. The van der Waals surface area contributed by atoms with Crippen molar-refractivity contribution in [3.63, 3.8) is 0 Å². The summed E-state index contributed by atoms with van der Waals surface area (Å²) in [5, 5.41) is 25.2. The van der Waals surface area contributed by atoms with E-state index in [0.29, 0.717) is 25.1 Å². The van der Waals surface area contributed by atoms with Crippen molar-refractivity contribution in [2.45, 2.75) is 43.8 Å². The largest absolute Gasteiger partial charge is 0.480 e. The van der Waals surface area contributed by atoms with Crippen molar-refractivity contribution in [3.05, 3.63) is 0 Å². The number of nitrogens with two attached hydrogens (primary N) is 2. The molecule has 3 atom stereocenters. The average molecular weight is 422 g/mol. The molecule has 0 aromatic rings. The van der Waals surface area contributed by atoms with Gasteiger partial charge in [-0.3, -0.25) is 14.4 Å². The number of carboxylic acid groups (broad SMARTS) is 1. The molecule has 0 spiro atoms. The molecule has 0 aromatic heterocycles. The van der Waals surface area contributed by atoms with Crippen LogP contribution in [0.3, 0.4) is 0 Å². The van der Waals surface area contributed by atoms with E-state index >= 15 is 0 Å². The maximum atomic E-state index is 12.5. The summed E-state index contributed by atoms with van der Waals surface area (Å²) >= 11 is 1.46. The zero-order valence-electron chi connectivity index (χ0n) is 16.0. The monoisotopic (exact) mass is 421 g/mol. The lowest BCUT2D eigenvalue weighted by Gasteiger charge is -2.21. The van der Waals surface area contributed by atoms with Gasteiger partial charge in [0.05, 0.1) is 13.2 Å². The quantitative estimate of drug-likeness (QED) is 0.138. The molecule has 3 amide bonds. The Morgan fingerprint density at radius 2 is 1.71 bits per heavy atom. The molecule has 0 saturated heterocycles. The molecule has 0 heterocycles. The number of aliphatic hydroxyl groups is 1. The summed E-state index contributed by atoms with van der Waals surface area (Å²) in [5.41, 5.74) is 10.8. The first kappa shape index (κ1) is 26.1. The van der Waals surface area contributed by atoms with Gasteiger partial charge in [0.1, 0.15) is 18.1 Å². The highest BCUT2D eigenvalue weighted by Gasteiger charge is 2.26. The SMILES string of the molecule is CSCCC(NC(=O)C(CCCCN)NC(=O)CNC(=O)C(N)CO)C(=O)O. The molecule has 0 saturated carbocycles. The van der Waals surface area contributed by atoms with Crippen LogP contribution < -0.4 is 27.4 Å². The number of carbonyl (C=O) groups is 4. The van der Waals surface area contributed by atoms with Crippen LogP contribution in [0.5, 0.6) is 0 Å². The highest BCUT2D eigenvalue weighted by atomic mass is 32.2. The van der Waals surface area contributed by atoms with E-state index in [9.17, 15) is 24.3 Å². The number of amides is 3. The summed E-state index contributed by atoms with van der Waals surface area (Å²) in [6, 6.07) is -3.17. The van der Waals surface area contributed by atoms with Crippen molar-refractivity contribution in [1.29, 1.82) is 0 Å². The molecule has 0 aliphatic rings. The molecule has 0 bridgehead atoms. The average Bonchev–Trinajstić information content (AvgIpc) is 2.67. The summed E-state index contributed by atoms with van der Waals surface area (Å²) in [6.07, 6.45) is 3.54. The van der Waals surface area contributed by atoms with E-state index in [1.165, 1.54) is 11.8 Å². The highest BCUT2D eigenvalue weighted by molar-refractivity contribution is 7.98. The van der Waals surface area contributed by atoms with Gasteiger partial charge in [0.25, 0.3) is 0 Å². The van der Waals surface area contributed by atoms with Gasteiger partial charge in [-0.2, -0.15) is 11.8 Å². The van der Waals surface area contributed by atoms with Crippen molar-refractivity contribution >= 4 is 35.5 Å². The molecule has 28 heavy (non-hydrogen) atoms. The van der Waals surface area contributed by atoms with Gasteiger partial charge in [-0.1, -0.05) is 0 Å². The first-order valence-electron chi connectivity index (χ1n) is 8.92. The van der Waals surface area contributed by atoms with Crippen LogP contribution in [0.1, 0.15) is 25.7 Å². The normalized spacial score (nSPS) is 13.9. The molecule has 0 fully saturated rings. The van der Waals surface area contributed by atoms with Crippen LogP contribution in [-0.4, -0.2) is 83.7 Å². The molecule has 0 aliphatic heterocycles. The lowest BCUT2D eigenvalue weighted by Crippen LogP contribution is -2.54. The molecule has 0 radical (unpaired) electrons. The molecular formula is C16H31N5O6S. The number of thioether (sulfide) groups is 1. The number of rotatable bonds is 15. The van der Waals surface area contributed by atoms with Gasteiger partial charge in [-0.15, -0.1) is 0 Å². The van der Waals surface area contributed by atoms with E-state index in [-0.39, 0.29) is 12.8 Å². The molecule has 12 heteroatoms. The number of nitrogens with one attached hydrogen (secondary N) is 3. The number of aliphatic hydroxyl groups excluding tert-OH is 1. The number of hydrogen-bond donors (Lipinski definition) is 7. The van der Waals surface area contributed by atoms with Crippen molar-refractivity contribution in [2.24, 2.45) is 11.5 Å². The lowest BCUT2D eigenvalue weighted by molar-refractivity contribution is -0.142. The smallest absolute Gasteiger partial charge is 0.326 e. The predicted octanol–water partition coefficient (Wildman–Crippen LogP) is -2.64. The summed E-state index contributed by atoms with van der Waals surface area (Å²) in [7, 11) is 0. The molecule has 11 nitrogen and oxygen atoms in total. The molecular weight excluding hydrogens is 390 g/mol. The zero-order chi connectivity index (χ0) is 21.5. The minimum Gasteiger partial charge on any atom is -0.480 e. The minimum absolute atomic E-state index is 0.251. The van der Waals surface area contributed by atoms with Crippen LogP contribution in [-0.2, 0) is 19.2 Å². The van der Waals surface area contributed by atoms with Crippen LogP contribution in [0.15, 0.2) is 0 Å². The molecule has 3 unspecified atom stereocenters. The molecule has 0 aliphatic carbocycles. The van der Waals surface area contributed by atoms with Gasteiger partial charge in [-0.05, 0) is 44.2 Å². The lowest BCUT2D eigenvalue weighted by atomic mass is 10.1. The Morgan fingerprint density at radius 1 is 1.04 bits per heavy atom. The van der Waals surface area contributed by atoms with E-state index in [2.05, 4.69) is 16.0 Å². The number of carboxylic acids is 1. The number of aliphatic carboxylic acids is 1. The van der Waals surface area contributed by atoms with E-state index in [1.807, 2.05) is 6.26 Å². The summed E-state index contributed by atoms with van der Waals surface area (Å²) in [4.78, 5) is 47.3. The van der Waals surface area contributed by atoms with Crippen LogP contribution in [0.2, 0.25) is 0 Å². The van der Waals surface area contributed by atoms with E-state index < -0.39 is 55.0 Å². The summed E-state index contributed by atoms with van der Waals surface area (Å²) in [6.45, 7) is -0.574. The Bertz CT molecular complexity index is 522. The third-order valence-corrected chi connectivity index (χ3v) is 4.42. The number of unbranched alkanes of at least 4 members (excludes halogenated alkanes) is 1. The van der Waals surface area contributed by atoms with Crippen LogP contribution in [0, 0.1) is 0 Å². The van der Waals surface area contributed by atoms with Crippen LogP contribution >= 0.6 is 11.8 Å². The maximum absolute atomic E-state index is 12.5. The van der Waals surface area contributed by atoms with Crippen molar-refractivity contribution in [1.82, 2.24) is 16.0 Å². The van der Waals surface area contributed by atoms with Gasteiger partial charge in [0.15, 0.2) is 0 Å². The minimum atomic E-state index is -1.15. The van der Waals surface area contributed by atoms with Gasteiger partial charge >= 0.3 is 5.97 Å². The number of carbonyl (C=O) groups excluding carboxylic acids is 3. The summed E-state index contributed by atoms with van der Waals surface area (Å²) < 4.78 is 0. The Labute approximate surface area is 168 Å². The van der Waals surface area contributed by atoms with Crippen molar-refractivity contribution < 1.29 is 29.4 Å².